The van der Waals surface area contributed by atoms with Crippen LogP contribution in [0.3, 0.4) is 0 Å². The van der Waals surface area contributed by atoms with Gasteiger partial charge in [0.25, 0.3) is 0 Å². The summed E-state index contributed by atoms with van der Waals surface area (Å²) in [6.07, 6.45) is -0.0700. The molecule has 0 unspecified atom stereocenters. The van der Waals surface area contributed by atoms with Crippen molar-refractivity contribution < 1.29 is 19.1 Å². The minimum Gasteiger partial charge on any atom is -0.497 e. The summed E-state index contributed by atoms with van der Waals surface area (Å²) in [5.74, 6) is 0.564. The van der Waals surface area contributed by atoms with Gasteiger partial charge >= 0.3 is 6.09 Å². The molecule has 0 bridgehead atoms. The lowest BCUT2D eigenvalue weighted by Crippen LogP contribution is -2.43. The fourth-order valence-electron chi connectivity index (χ4n) is 3.13. The first kappa shape index (κ1) is 20.2. The maximum Gasteiger partial charge on any atom is 0.408 e. The number of methoxy groups -OCH3 is 1. The molecule has 1 saturated heterocycles. The number of nitrogens with zero attached hydrogens (tertiary/aromatic N) is 2. The quantitative estimate of drug-likeness (QED) is 0.787. The number of hydrogen-bond acceptors (Lipinski definition) is 5. The Morgan fingerprint density at radius 2 is 2.11 bits per heavy atom. The zero-order chi connectivity index (χ0) is 20.5. The number of benzene rings is 1. The van der Waals surface area contributed by atoms with Crippen molar-refractivity contribution in [3.05, 3.63) is 35.1 Å². The second kappa shape index (κ2) is 7.83. The summed E-state index contributed by atoms with van der Waals surface area (Å²) < 4.78 is 10.5. The summed E-state index contributed by atoms with van der Waals surface area (Å²) in [7, 11) is 1.60. The number of hydrogen-bond donors (Lipinski definition) is 1. The van der Waals surface area contributed by atoms with Crippen LogP contribution in [0.4, 0.5) is 4.79 Å². The molecular formula is C20H24ClN3O4. The summed E-state index contributed by atoms with van der Waals surface area (Å²) in [6.45, 7) is 6.17. The molecule has 1 aromatic heterocycles. The first-order valence-corrected chi connectivity index (χ1v) is 9.45. The lowest BCUT2D eigenvalue weighted by Gasteiger charge is -2.21. The summed E-state index contributed by atoms with van der Waals surface area (Å²) in [4.78, 5) is 30.6. The molecule has 3 rings (SSSR count). The lowest BCUT2D eigenvalue weighted by atomic mass is 10.1. The van der Waals surface area contributed by atoms with Crippen LogP contribution in [0.25, 0.3) is 10.8 Å². The van der Waals surface area contributed by atoms with Gasteiger partial charge in [-0.25, -0.2) is 9.78 Å². The number of aromatic nitrogens is 1. The van der Waals surface area contributed by atoms with E-state index >= 15 is 0 Å². The maximum atomic E-state index is 12.6. The Balaban J connectivity index is 1.70. The van der Waals surface area contributed by atoms with Crippen molar-refractivity contribution in [2.24, 2.45) is 0 Å². The van der Waals surface area contributed by atoms with E-state index in [0.29, 0.717) is 30.4 Å². The van der Waals surface area contributed by atoms with Gasteiger partial charge in [0, 0.05) is 11.9 Å². The zero-order valence-electron chi connectivity index (χ0n) is 16.4. The number of carbonyl (C=O) groups excluding carboxylic acids is 2. The van der Waals surface area contributed by atoms with Crippen LogP contribution in [-0.2, 0) is 16.1 Å². The number of halogens is 1. The molecule has 1 atom stereocenters. The van der Waals surface area contributed by atoms with E-state index in [2.05, 4.69) is 10.3 Å². The molecule has 7 nitrogen and oxygen atoms in total. The van der Waals surface area contributed by atoms with E-state index in [1.165, 1.54) is 0 Å². The van der Waals surface area contributed by atoms with Gasteiger partial charge in [-0.15, -0.1) is 0 Å². The Morgan fingerprint density at radius 3 is 2.79 bits per heavy atom. The first-order chi connectivity index (χ1) is 13.2. The van der Waals surface area contributed by atoms with Gasteiger partial charge in [0.1, 0.15) is 22.5 Å². The van der Waals surface area contributed by atoms with Crippen molar-refractivity contribution in [1.29, 1.82) is 0 Å². The second-order valence-corrected chi connectivity index (χ2v) is 8.10. The van der Waals surface area contributed by atoms with Gasteiger partial charge in [0.15, 0.2) is 0 Å². The summed E-state index contributed by atoms with van der Waals surface area (Å²) >= 11 is 6.31. The van der Waals surface area contributed by atoms with Crippen LogP contribution in [0.1, 0.15) is 32.9 Å². The third kappa shape index (κ3) is 4.65. The maximum absolute atomic E-state index is 12.6. The fourth-order valence-corrected chi connectivity index (χ4v) is 3.41. The van der Waals surface area contributed by atoms with Gasteiger partial charge in [0.2, 0.25) is 5.91 Å². The zero-order valence-corrected chi connectivity index (χ0v) is 17.2. The standard InChI is InChI=1S/C20H24ClN3O4/c1-20(2,3)28-19(26)23-16-7-8-24(18(16)25)11-13-9-12-10-14(27-4)5-6-15(12)17(21)22-13/h5-6,9-10,16H,7-8,11H2,1-4H3,(H,23,26)/t16-/m0/s1. The van der Waals surface area contributed by atoms with Crippen molar-refractivity contribution in [3.63, 3.8) is 0 Å². The van der Waals surface area contributed by atoms with Gasteiger partial charge in [-0.1, -0.05) is 11.6 Å². The molecule has 0 radical (unpaired) electrons. The second-order valence-electron chi connectivity index (χ2n) is 7.74. The van der Waals surface area contributed by atoms with E-state index in [1.54, 1.807) is 32.8 Å². The van der Waals surface area contributed by atoms with Crippen LogP contribution >= 0.6 is 11.6 Å². The predicted octanol–water partition coefficient (Wildman–Crippen LogP) is 3.52. The van der Waals surface area contributed by atoms with Gasteiger partial charge < -0.3 is 19.7 Å². The average Bonchev–Trinajstić information content (AvgIpc) is 2.93. The molecule has 28 heavy (non-hydrogen) atoms. The van der Waals surface area contributed by atoms with Crippen LogP contribution in [0.2, 0.25) is 5.15 Å². The lowest BCUT2D eigenvalue weighted by molar-refractivity contribution is -0.130. The summed E-state index contributed by atoms with van der Waals surface area (Å²) in [5, 5.41) is 4.74. The first-order valence-electron chi connectivity index (χ1n) is 9.08. The van der Waals surface area contributed by atoms with Gasteiger partial charge in [-0.05, 0) is 56.8 Å². The highest BCUT2D eigenvalue weighted by atomic mass is 35.5. The van der Waals surface area contributed by atoms with Crippen molar-refractivity contribution in [2.45, 2.75) is 45.4 Å². The van der Waals surface area contributed by atoms with Crippen molar-refractivity contribution in [3.8, 4) is 5.75 Å². The molecule has 1 aliphatic rings. The minimum absolute atomic E-state index is 0.158. The Hall–Kier alpha value is -2.54. The molecule has 150 valence electrons. The number of fused-ring (bicyclic) bond motifs is 1. The Bertz CT molecular complexity index is 910. The molecule has 0 spiro atoms. The van der Waals surface area contributed by atoms with Gasteiger partial charge in [-0.3, -0.25) is 4.79 Å². The van der Waals surface area contributed by atoms with Gasteiger partial charge in [0.05, 0.1) is 19.3 Å². The van der Waals surface area contributed by atoms with E-state index in [-0.39, 0.29) is 5.91 Å². The van der Waals surface area contributed by atoms with E-state index in [4.69, 9.17) is 21.1 Å². The third-order valence-electron chi connectivity index (χ3n) is 4.39. The highest BCUT2D eigenvalue weighted by Gasteiger charge is 2.34. The minimum atomic E-state index is -0.613. The van der Waals surface area contributed by atoms with E-state index in [0.717, 1.165) is 16.5 Å². The van der Waals surface area contributed by atoms with Gasteiger partial charge in [-0.2, -0.15) is 0 Å². The number of carbonyl (C=O) groups is 2. The van der Waals surface area contributed by atoms with Crippen LogP contribution in [0.5, 0.6) is 5.75 Å². The van der Waals surface area contributed by atoms with Crippen LogP contribution in [-0.4, -0.2) is 47.2 Å². The van der Waals surface area contributed by atoms with Crippen LogP contribution in [0.15, 0.2) is 24.3 Å². The predicted molar refractivity (Wildman–Crippen MR) is 106 cm³/mol. The van der Waals surface area contributed by atoms with Crippen molar-refractivity contribution in [1.82, 2.24) is 15.2 Å². The normalized spacial score (nSPS) is 17.1. The molecule has 2 heterocycles. The number of nitrogens with one attached hydrogen (secondary N) is 1. The van der Waals surface area contributed by atoms with Crippen molar-refractivity contribution >= 4 is 34.4 Å². The number of amides is 2. The largest absolute Gasteiger partial charge is 0.497 e. The molecule has 0 aliphatic carbocycles. The SMILES string of the molecule is COc1ccc2c(Cl)nc(CN3CC[C@H](NC(=O)OC(C)(C)C)C3=O)cc2c1. The summed E-state index contributed by atoms with van der Waals surface area (Å²) in [5.41, 5.74) is 0.0649. The number of ether oxygens (including phenoxy) is 2. The Kier molecular flexibility index (Phi) is 5.65. The summed E-state index contributed by atoms with van der Waals surface area (Å²) in [6, 6.07) is 6.86. The van der Waals surface area contributed by atoms with E-state index < -0.39 is 17.7 Å². The number of rotatable bonds is 4. The van der Waals surface area contributed by atoms with Crippen molar-refractivity contribution in [2.75, 3.05) is 13.7 Å². The van der Waals surface area contributed by atoms with E-state index in [9.17, 15) is 9.59 Å². The molecule has 2 amide bonds. The molecule has 0 saturated carbocycles. The van der Waals surface area contributed by atoms with Crippen LogP contribution < -0.4 is 10.1 Å². The third-order valence-corrected chi connectivity index (χ3v) is 4.67. The Morgan fingerprint density at radius 1 is 1.36 bits per heavy atom. The highest BCUT2D eigenvalue weighted by molar-refractivity contribution is 6.34. The average molecular weight is 406 g/mol. The van der Waals surface area contributed by atoms with E-state index in [1.807, 2.05) is 24.3 Å². The smallest absolute Gasteiger partial charge is 0.408 e. The van der Waals surface area contributed by atoms with Crippen LogP contribution in [0, 0.1) is 0 Å². The number of alkyl carbamates (subject to hydrolysis) is 1. The fraction of sp³-hybridized carbons (Fsp3) is 0.450. The molecule has 2 aromatic rings. The topological polar surface area (TPSA) is 80.8 Å². The molecular weight excluding hydrogens is 382 g/mol. The highest BCUT2D eigenvalue weighted by Crippen LogP contribution is 2.27. The molecule has 1 aromatic carbocycles. The monoisotopic (exact) mass is 405 g/mol. The Labute approximate surface area is 169 Å². The number of likely N-dealkylation sites (tertiary alicyclic amines) is 1. The molecule has 1 fully saturated rings. The molecule has 8 heteroatoms. The molecule has 1 aliphatic heterocycles. The molecule has 1 N–H and O–H groups in total. The number of pyridine rings is 1.